The molecule has 1 aliphatic rings. The smallest absolute Gasteiger partial charge is 0.221 e. The molecule has 14 heavy (non-hydrogen) atoms. The van der Waals surface area contributed by atoms with Crippen LogP contribution in [0.25, 0.3) is 0 Å². The van der Waals surface area contributed by atoms with Crippen molar-refractivity contribution in [2.24, 2.45) is 11.7 Å². The number of rotatable bonds is 3. The second kappa shape index (κ2) is 5.32. The third-order valence-corrected chi connectivity index (χ3v) is 2.83. The Morgan fingerprint density at radius 2 is 2.36 bits per heavy atom. The molecule has 0 radical (unpaired) electrons. The minimum Gasteiger partial charge on any atom is -0.353 e. The number of nitrogens with two attached hydrogens (primary N) is 1. The van der Waals surface area contributed by atoms with Gasteiger partial charge in [-0.1, -0.05) is 6.92 Å². The summed E-state index contributed by atoms with van der Waals surface area (Å²) in [4.78, 5) is 13.6. The Hall–Kier alpha value is -0.610. The third kappa shape index (κ3) is 3.27. The molecule has 0 saturated carbocycles. The highest BCUT2D eigenvalue weighted by atomic mass is 16.1. The van der Waals surface area contributed by atoms with Crippen LogP contribution >= 0.6 is 0 Å². The summed E-state index contributed by atoms with van der Waals surface area (Å²) in [5, 5.41) is 3.04. The molecule has 2 unspecified atom stereocenters. The Bertz CT molecular complexity index is 196. The molecule has 0 bridgehead atoms. The van der Waals surface area contributed by atoms with Crippen LogP contribution in [-0.4, -0.2) is 43.5 Å². The van der Waals surface area contributed by atoms with Crippen LogP contribution in [0.1, 0.15) is 19.8 Å². The number of carbonyl (C=O) groups is 1. The molecule has 1 aliphatic heterocycles. The number of piperidine rings is 1. The first kappa shape index (κ1) is 11.5. The van der Waals surface area contributed by atoms with E-state index in [1.807, 2.05) is 0 Å². The van der Waals surface area contributed by atoms with Crippen molar-refractivity contribution < 1.29 is 4.79 Å². The molecule has 0 aromatic rings. The summed E-state index contributed by atoms with van der Waals surface area (Å²) < 4.78 is 0. The quantitative estimate of drug-likeness (QED) is 0.661. The van der Waals surface area contributed by atoms with Crippen molar-refractivity contribution in [3.05, 3.63) is 0 Å². The summed E-state index contributed by atoms with van der Waals surface area (Å²) in [6.45, 7) is 4.75. The fraction of sp³-hybridized carbons (Fsp3) is 0.900. The number of nitrogens with zero attached hydrogens (tertiary/aromatic N) is 1. The van der Waals surface area contributed by atoms with Crippen molar-refractivity contribution in [3.8, 4) is 0 Å². The van der Waals surface area contributed by atoms with Gasteiger partial charge < -0.3 is 16.0 Å². The maximum absolute atomic E-state index is 11.3. The largest absolute Gasteiger partial charge is 0.353 e. The highest BCUT2D eigenvalue weighted by molar-refractivity contribution is 5.76. The highest BCUT2D eigenvalue weighted by Gasteiger charge is 2.24. The summed E-state index contributed by atoms with van der Waals surface area (Å²) in [6, 6.07) is 0.338. The Kier molecular flexibility index (Phi) is 4.35. The van der Waals surface area contributed by atoms with Crippen LogP contribution in [-0.2, 0) is 4.79 Å². The molecular weight excluding hydrogens is 178 g/mol. The average Bonchev–Trinajstić information content (AvgIpc) is 2.10. The van der Waals surface area contributed by atoms with Gasteiger partial charge in [0.1, 0.15) is 0 Å². The van der Waals surface area contributed by atoms with Gasteiger partial charge in [-0.2, -0.15) is 0 Å². The van der Waals surface area contributed by atoms with Crippen molar-refractivity contribution in [3.63, 3.8) is 0 Å². The molecule has 1 rings (SSSR count). The molecule has 1 amide bonds. The minimum atomic E-state index is 0.0916. The van der Waals surface area contributed by atoms with Gasteiger partial charge in [0, 0.05) is 25.6 Å². The van der Waals surface area contributed by atoms with Gasteiger partial charge in [0.25, 0.3) is 0 Å². The molecule has 0 spiro atoms. The maximum Gasteiger partial charge on any atom is 0.221 e. The molecule has 0 aromatic carbocycles. The monoisotopic (exact) mass is 199 g/mol. The van der Waals surface area contributed by atoms with E-state index in [4.69, 9.17) is 5.73 Å². The lowest BCUT2D eigenvalue weighted by atomic mass is 9.94. The Morgan fingerprint density at radius 1 is 1.64 bits per heavy atom. The van der Waals surface area contributed by atoms with Gasteiger partial charge in [-0.05, 0) is 25.9 Å². The van der Waals surface area contributed by atoms with Gasteiger partial charge in [-0.25, -0.2) is 0 Å². The van der Waals surface area contributed by atoms with E-state index in [0.29, 0.717) is 24.9 Å². The second-order valence-corrected chi connectivity index (χ2v) is 4.24. The van der Waals surface area contributed by atoms with E-state index < -0.39 is 0 Å². The van der Waals surface area contributed by atoms with E-state index in [1.165, 1.54) is 0 Å². The topological polar surface area (TPSA) is 58.4 Å². The molecule has 4 heteroatoms. The maximum atomic E-state index is 11.3. The fourth-order valence-corrected chi connectivity index (χ4v) is 1.98. The van der Waals surface area contributed by atoms with E-state index in [-0.39, 0.29) is 5.91 Å². The van der Waals surface area contributed by atoms with Crippen molar-refractivity contribution >= 4 is 5.91 Å². The van der Waals surface area contributed by atoms with Crippen molar-refractivity contribution in [2.45, 2.75) is 25.8 Å². The summed E-state index contributed by atoms with van der Waals surface area (Å²) in [5.41, 5.74) is 5.32. The zero-order valence-electron chi connectivity index (χ0n) is 9.12. The normalized spacial score (nSPS) is 28.8. The van der Waals surface area contributed by atoms with Crippen LogP contribution in [0.4, 0.5) is 0 Å². The van der Waals surface area contributed by atoms with Crippen LogP contribution in [0, 0.1) is 5.92 Å². The number of hydrogen-bond donors (Lipinski definition) is 2. The predicted molar refractivity (Wildman–Crippen MR) is 56.9 cm³/mol. The zero-order chi connectivity index (χ0) is 10.6. The van der Waals surface area contributed by atoms with E-state index in [2.05, 4.69) is 24.2 Å². The Balaban J connectivity index is 2.33. The number of likely N-dealkylation sites (tertiary alicyclic amines) is 1. The Morgan fingerprint density at radius 3 is 2.93 bits per heavy atom. The lowest BCUT2D eigenvalue weighted by molar-refractivity contribution is -0.122. The van der Waals surface area contributed by atoms with E-state index in [9.17, 15) is 4.79 Å². The van der Waals surface area contributed by atoms with Gasteiger partial charge in [0.2, 0.25) is 5.91 Å². The summed E-state index contributed by atoms with van der Waals surface area (Å²) in [5.74, 6) is 0.629. The van der Waals surface area contributed by atoms with Gasteiger partial charge in [-0.3, -0.25) is 4.79 Å². The second-order valence-electron chi connectivity index (χ2n) is 4.24. The van der Waals surface area contributed by atoms with E-state index in [0.717, 1.165) is 19.5 Å². The molecule has 1 saturated heterocycles. The molecule has 82 valence electrons. The summed E-state index contributed by atoms with van der Waals surface area (Å²) in [7, 11) is 2.12. The van der Waals surface area contributed by atoms with E-state index >= 15 is 0 Å². The van der Waals surface area contributed by atoms with Gasteiger partial charge >= 0.3 is 0 Å². The van der Waals surface area contributed by atoms with Crippen LogP contribution in [0.2, 0.25) is 0 Å². The predicted octanol–water partition coefficient (Wildman–Crippen LogP) is -0.208. The molecule has 0 aromatic heterocycles. The SMILES string of the molecule is CC1CN(C)CCC1NC(=O)CCN. The summed E-state index contributed by atoms with van der Waals surface area (Å²) in [6.07, 6.45) is 1.49. The molecule has 1 fully saturated rings. The van der Waals surface area contributed by atoms with Crippen LogP contribution in [0.15, 0.2) is 0 Å². The van der Waals surface area contributed by atoms with Crippen molar-refractivity contribution in [1.82, 2.24) is 10.2 Å². The first-order valence-corrected chi connectivity index (χ1v) is 5.31. The van der Waals surface area contributed by atoms with E-state index in [1.54, 1.807) is 0 Å². The van der Waals surface area contributed by atoms with Crippen molar-refractivity contribution in [2.75, 3.05) is 26.7 Å². The lowest BCUT2D eigenvalue weighted by Gasteiger charge is -2.35. The zero-order valence-corrected chi connectivity index (χ0v) is 9.12. The standard InChI is InChI=1S/C10H21N3O/c1-8-7-13(2)6-4-9(8)12-10(14)3-5-11/h8-9H,3-7,11H2,1-2H3,(H,12,14). The molecule has 4 nitrogen and oxygen atoms in total. The van der Waals surface area contributed by atoms with Crippen LogP contribution < -0.4 is 11.1 Å². The van der Waals surface area contributed by atoms with Gasteiger partial charge in [-0.15, -0.1) is 0 Å². The molecular formula is C10H21N3O. The van der Waals surface area contributed by atoms with Gasteiger partial charge in [0.15, 0.2) is 0 Å². The number of amides is 1. The molecule has 3 N–H and O–H groups in total. The lowest BCUT2D eigenvalue weighted by Crippen LogP contribution is -2.49. The first-order valence-electron chi connectivity index (χ1n) is 5.31. The number of hydrogen-bond acceptors (Lipinski definition) is 3. The number of carbonyl (C=O) groups excluding carboxylic acids is 1. The van der Waals surface area contributed by atoms with Crippen LogP contribution in [0.5, 0.6) is 0 Å². The van der Waals surface area contributed by atoms with Crippen LogP contribution in [0.3, 0.4) is 0 Å². The summed E-state index contributed by atoms with van der Waals surface area (Å²) >= 11 is 0. The molecule has 0 aliphatic carbocycles. The fourth-order valence-electron chi connectivity index (χ4n) is 1.98. The average molecular weight is 199 g/mol. The number of nitrogens with one attached hydrogen (secondary N) is 1. The van der Waals surface area contributed by atoms with Crippen molar-refractivity contribution in [1.29, 1.82) is 0 Å². The van der Waals surface area contributed by atoms with Gasteiger partial charge in [0.05, 0.1) is 0 Å². The third-order valence-electron chi connectivity index (χ3n) is 2.83. The molecule has 1 heterocycles. The first-order chi connectivity index (χ1) is 6.63. The highest BCUT2D eigenvalue weighted by Crippen LogP contribution is 2.15. The Labute approximate surface area is 85.8 Å². The minimum absolute atomic E-state index is 0.0916. The molecule has 2 atom stereocenters.